The number of Topliss-reactive ketones (excluding diaryl/α,β-unsaturated/α-hetero) is 1. The lowest BCUT2D eigenvalue weighted by Gasteiger charge is -2.27. The zero-order chi connectivity index (χ0) is 19.1. The van der Waals surface area contributed by atoms with E-state index in [1.54, 1.807) is 19.1 Å². The van der Waals surface area contributed by atoms with E-state index in [9.17, 15) is 18.4 Å². The Labute approximate surface area is 154 Å². The van der Waals surface area contributed by atoms with Crippen molar-refractivity contribution >= 4 is 29.1 Å². The number of furan rings is 1. The summed E-state index contributed by atoms with van der Waals surface area (Å²) in [7, 11) is 0. The van der Waals surface area contributed by atoms with Gasteiger partial charge in [-0.3, -0.25) is 9.59 Å². The van der Waals surface area contributed by atoms with Gasteiger partial charge in [0, 0.05) is 29.0 Å². The number of hydrogen-bond acceptors (Lipinski definition) is 4. The molecule has 4 nitrogen and oxygen atoms in total. The van der Waals surface area contributed by atoms with Gasteiger partial charge < -0.3 is 9.73 Å². The van der Waals surface area contributed by atoms with Gasteiger partial charge in [0.2, 0.25) is 0 Å². The maximum atomic E-state index is 12.5. The van der Waals surface area contributed by atoms with Crippen molar-refractivity contribution in [2.24, 2.45) is 5.41 Å². The van der Waals surface area contributed by atoms with Gasteiger partial charge in [0.05, 0.1) is 5.56 Å². The zero-order valence-electron chi connectivity index (χ0n) is 14.7. The van der Waals surface area contributed by atoms with Crippen LogP contribution in [0.3, 0.4) is 0 Å². The van der Waals surface area contributed by atoms with Crippen molar-refractivity contribution in [3.63, 3.8) is 0 Å². The summed E-state index contributed by atoms with van der Waals surface area (Å²) < 4.78 is 30.4. The molecule has 0 spiro atoms. The number of ketones is 1. The summed E-state index contributed by atoms with van der Waals surface area (Å²) in [6.07, 6.45) is 1.02. The normalized spacial score (nSPS) is 15.8. The van der Waals surface area contributed by atoms with E-state index in [0.717, 1.165) is 0 Å². The van der Waals surface area contributed by atoms with E-state index in [0.29, 0.717) is 52.1 Å². The monoisotopic (exact) mass is 379 g/mol. The van der Waals surface area contributed by atoms with Gasteiger partial charge in [-0.25, -0.2) is 0 Å². The molecule has 1 heterocycles. The van der Waals surface area contributed by atoms with Crippen LogP contribution in [0.5, 0.6) is 0 Å². The molecule has 1 N–H and O–H groups in total. The number of amides is 1. The molecule has 0 fully saturated rings. The summed E-state index contributed by atoms with van der Waals surface area (Å²) in [5.74, 6) is -2.29. The van der Waals surface area contributed by atoms with E-state index in [-0.39, 0.29) is 17.0 Å². The second-order valence-corrected chi connectivity index (χ2v) is 8.22. The van der Waals surface area contributed by atoms with E-state index in [4.69, 9.17) is 4.42 Å². The Morgan fingerprint density at radius 2 is 1.88 bits per heavy atom. The lowest BCUT2D eigenvalue weighted by molar-refractivity contribution is 0.0898. The Morgan fingerprint density at radius 1 is 1.23 bits per heavy atom. The topological polar surface area (TPSA) is 59.3 Å². The lowest BCUT2D eigenvalue weighted by atomic mass is 9.76. The van der Waals surface area contributed by atoms with Crippen molar-refractivity contribution in [1.29, 1.82) is 0 Å². The molecule has 3 rings (SSSR count). The summed E-state index contributed by atoms with van der Waals surface area (Å²) in [6, 6.07) is 6.13. The minimum atomic E-state index is -2.49. The molecular weight excluding hydrogens is 360 g/mol. The number of carbonyl (C=O) groups excluding carboxylic acids is 2. The van der Waals surface area contributed by atoms with E-state index in [1.807, 2.05) is 13.8 Å². The first kappa shape index (κ1) is 18.6. The summed E-state index contributed by atoms with van der Waals surface area (Å²) in [5, 5.41) is 2.68. The molecule has 0 atom stereocenters. The van der Waals surface area contributed by atoms with Gasteiger partial charge in [-0.05, 0) is 36.6 Å². The zero-order valence-corrected chi connectivity index (χ0v) is 15.5. The van der Waals surface area contributed by atoms with Crippen molar-refractivity contribution < 1.29 is 22.8 Å². The molecule has 1 aromatic carbocycles. The molecule has 0 saturated carbocycles. The number of thioether (sulfide) groups is 1. The predicted molar refractivity (Wildman–Crippen MR) is 96.1 cm³/mol. The van der Waals surface area contributed by atoms with Crippen molar-refractivity contribution in [1.82, 2.24) is 0 Å². The third-order valence-electron chi connectivity index (χ3n) is 4.32. The molecule has 26 heavy (non-hydrogen) atoms. The number of halogens is 2. The number of carbonyl (C=O) groups is 2. The first-order valence-electron chi connectivity index (χ1n) is 8.18. The van der Waals surface area contributed by atoms with Gasteiger partial charge >= 0.3 is 0 Å². The second-order valence-electron chi connectivity index (χ2n) is 7.15. The number of rotatable bonds is 4. The highest BCUT2D eigenvalue weighted by molar-refractivity contribution is 7.99. The Kier molecular flexibility index (Phi) is 4.92. The first-order chi connectivity index (χ1) is 12.2. The molecule has 2 aromatic rings. The molecule has 7 heteroatoms. The van der Waals surface area contributed by atoms with Crippen molar-refractivity contribution in [2.75, 3.05) is 5.32 Å². The number of fused-ring (bicyclic) bond motifs is 1. The van der Waals surface area contributed by atoms with Crippen LogP contribution in [0, 0.1) is 12.3 Å². The Hall–Kier alpha value is -2.15. The van der Waals surface area contributed by atoms with Gasteiger partial charge in [0.15, 0.2) is 11.5 Å². The molecule has 0 unspecified atom stereocenters. The molecule has 0 aliphatic heterocycles. The molecule has 138 valence electrons. The van der Waals surface area contributed by atoms with Crippen LogP contribution in [-0.2, 0) is 6.42 Å². The smallest absolute Gasteiger partial charge is 0.291 e. The molecule has 0 saturated heterocycles. The predicted octanol–water partition coefficient (Wildman–Crippen LogP) is 5.31. The number of anilines is 1. The lowest BCUT2D eigenvalue weighted by Crippen LogP contribution is -2.26. The van der Waals surface area contributed by atoms with Crippen molar-refractivity contribution in [2.45, 2.75) is 44.3 Å². The maximum absolute atomic E-state index is 12.5. The van der Waals surface area contributed by atoms with Crippen LogP contribution < -0.4 is 5.32 Å². The van der Waals surface area contributed by atoms with Crippen molar-refractivity contribution in [3.8, 4) is 0 Å². The van der Waals surface area contributed by atoms with Gasteiger partial charge in [0.1, 0.15) is 5.76 Å². The highest BCUT2D eigenvalue weighted by Crippen LogP contribution is 2.38. The van der Waals surface area contributed by atoms with E-state index >= 15 is 0 Å². The van der Waals surface area contributed by atoms with Gasteiger partial charge in [-0.1, -0.05) is 25.6 Å². The van der Waals surface area contributed by atoms with Crippen LogP contribution in [0.15, 0.2) is 33.6 Å². The fraction of sp³-hybridized carbons (Fsp3) is 0.368. The largest absolute Gasteiger partial charge is 0.455 e. The average Bonchev–Trinajstić information content (AvgIpc) is 2.84. The molecule has 1 aliphatic carbocycles. The van der Waals surface area contributed by atoms with Gasteiger partial charge in [-0.2, -0.15) is 8.78 Å². The molecule has 0 radical (unpaired) electrons. The summed E-state index contributed by atoms with van der Waals surface area (Å²) in [6.45, 7) is 5.69. The maximum Gasteiger partial charge on any atom is 0.291 e. The average molecular weight is 379 g/mol. The highest BCUT2D eigenvalue weighted by atomic mass is 32.2. The minimum Gasteiger partial charge on any atom is -0.455 e. The molecular formula is C19H19F2NO3S. The molecule has 1 aliphatic rings. The third-order valence-corrected chi connectivity index (χ3v) is 5.04. The summed E-state index contributed by atoms with van der Waals surface area (Å²) in [4.78, 5) is 25.3. The molecule has 1 aromatic heterocycles. The van der Waals surface area contributed by atoms with Crippen LogP contribution in [0.25, 0.3) is 0 Å². The Balaban J connectivity index is 1.80. The number of benzene rings is 1. The summed E-state index contributed by atoms with van der Waals surface area (Å²) in [5.41, 5.74) is 1.33. The number of nitrogens with one attached hydrogen (secondary N) is 1. The summed E-state index contributed by atoms with van der Waals surface area (Å²) >= 11 is 0.441. The number of hydrogen-bond donors (Lipinski definition) is 1. The Morgan fingerprint density at radius 3 is 2.50 bits per heavy atom. The van der Waals surface area contributed by atoms with Crippen LogP contribution >= 0.6 is 11.8 Å². The van der Waals surface area contributed by atoms with Crippen LogP contribution in [0.2, 0.25) is 0 Å². The highest BCUT2D eigenvalue weighted by Gasteiger charge is 2.37. The third kappa shape index (κ3) is 3.82. The molecule has 1 amide bonds. The Bertz CT molecular complexity index is 856. The number of alkyl halides is 2. The van der Waals surface area contributed by atoms with Crippen LogP contribution in [0.1, 0.15) is 52.5 Å². The second kappa shape index (κ2) is 6.87. The fourth-order valence-corrected chi connectivity index (χ4v) is 3.71. The fourth-order valence-electron chi connectivity index (χ4n) is 3.21. The molecule has 0 bridgehead atoms. The first-order valence-corrected chi connectivity index (χ1v) is 9.06. The van der Waals surface area contributed by atoms with E-state index < -0.39 is 11.7 Å². The van der Waals surface area contributed by atoms with E-state index in [1.165, 1.54) is 12.1 Å². The van der Waals surface area contributed by atoms with E-state index in [2.05, 4.69) is 5.32 Å². The minimum absolute atomic E-state index is 0.00933. The quantitative estimate of drug-likeness (QED) is 0.732. The standard InChI is InChI=1S/C19H19F2NO3S/c1-10-15-13(23)8-19(2,3)9-14(15)25-16(10)17(24)22-11-4-6-12(7-5-11)26-18(20)21/h4-7,18H,8-9H2,1-3H3,(H,22,24). The SMILES string of the molecule is Cc1c(C(=O)Nc2ccc(SC(F)F)cc2)oc2c1C(=O)CC(C)(C)C2. The van der Waals surface area contributed by atoms with Crippen LogP contribution in [0.4, 0.5) is 14.5 Å². The van der Waals surface area contributed by atoms with Crippen LogP contribution in [-0.4, -0.2) is 17.4 Å². The van der Waals surface area contributed by atoms with Gasteiger partial charge in [0.25, 0.3) is 11.7 Å². The van der Waals surface area contributed by atoms with Gasteiger partial charge in [-0.15, -0.1) is 0 Å². The van der Waals surface area contributed by atoms with Crippen molar-refractivity contribution in [3.05, 3.63) is 46.9 Å².